The van der Waals surface area contributed by atoms with Gasteiger partial charge in [0.1, 0.15) is 0 Å². The van der Waals surface area contributed by atoms with Crippen molar-refractivity contribution in [2.45, 2.75) is 30.3 Å². The molecule has 1 aliphatic heterocycles. The molecule has 1 aromatic carbocycles. The molecule has 1 atom stereocenters. The van der Waals surface area contributed by atoms with Gasteiger partial charge in [0.05, 0.1) is 11.7 Å². The number of benzene rings is 1. The fraction of sp³-hybridized carbons (Fsp3) is 0.562. The standard InChI is InChI=1S/C16H23NO3S/c1-21-15-5-3-2-4-13(15)16(19)17-9-6-14(18)12-7-10-20-11-8-12/h2-5,12,14,18H,6-11H2,1H3,(H,17,19)/t14-/m0/s1. The number of nitrogens with one attached hydrogen (secondary N) is 1. The zero-order valence-corrected chi connectivity index (χ0v) is 13.2. The second kappa shape index (κ2) is 8.41. The zero-order chi connectivity index (χ0) is 15.1. The maximum absolute atomic E-state index is 12.2. The average molecular weight is 309 g/mol. The molecule has 0 saturated carbocycles. The van der Waals surface area contributed by atoms with E-state index in [9.17, 15) is 9.90 Å². The van der Waals surface area contributed by atoms with Crippen LogP contribution in [0.2, 0.25) is 0 Å². The van der Waals surface area contributed by atoms with E-state index in [2.05, 4.69) is 5.32 Å². The van der Waals surface area contributed by atoms with Crippen LogP contribution in [0.15, 0.2) is 29.2 Å². The van der Waals surface area contributed by atoms with Crippen LogP contribution in [0.25, 0.3) is 0 Å². The molecular weight excluding hydrogens is 286 g/mol. The minimum Gasteiger partial charge on any atom is -0.393 e. The molecule has 4 nitrogen and oxygen atoms in total. The number of rotatable bonds is 6. The molecule has 1 saturated heterocycles. The second-order valence-electron chi connectivity index (χ2n) is 5.26. The molecular formula is C16H23NO3S. The van der Waals surface area contributed by atoms with Crippen molar-refractivity contribution in [3.05, 3.63) is 29.8 Å². The molecule has 21 heavy (non-hydrogen) atoms. The topological polar surface area (TPSA) is 58.6 Å². The van der Waals surface area contributed by atoms with Crippen LogP contribution in [0.1, 0.15) is 29.6 Å². The van der Waals surface area contributed by atoms with Crippen LogP contribution in [-0.4, -0.2) is 43.1 Å². The van der Waals surface area contributed by atoms with Gasteiger partial charge in [-0.05, 0) is 43.6 Å². The lowest BCUT2D eigenvalue weighted by molar-refractivity contribution is 0.00527. The quantitative estimate of drug-likeness (QED) is 0.792. The number of thioether (sulfide) groups is 1. The number of aliphatic hydroxyl groups is 1. The number of hydrogen-bond acceptors (Lipinski definition) is 4. The summed E-state index contributed by atoms with van der Waals surface area (Å²) in [6.45, 7) is 1.96. The minimum atomic E-state index is -0.356. The second-order valence-corrected chi connectivity index (χ2v) is 6.11. The van der Waals surface area contributed by atoms with Crippen molar-refractivity contribution in [2.75, 3.05) is 26.0 Å². The maximum Gasteiger partial charge on any atom is 0.252 e. The highest BCUT2D eigenvalue weighted by Gasteiger charge is 2.22. The lowest BCUT2D eigenvalue weighted by atomic mass is 9.92. The molecule has 2 rings (SSSR count). The monoisotopic (exact) mass is 309 g/mol. The summed E-state index contributed by atoms with van der Waals surface area (Å²) in [6, 6.07) is 7.57. The van der Waals surface area contributed by atoms with Crippen LogP contribution in [0.5, 0.6) is 0 Å². The molecule has 0 radical (unpaired) electrons. The van der Waals surface area contributed by atoms with Crippen molar-refractivity contribution in [2.24, 2.45) is 5.92 Å². The van der Waals surface area contributed by atoms with E-state index < -0.39 is 0 Å². The third-order valence-corrected chi connectivity index (χ3v) is 4.68. The number of carbonyl (C=O) groups is 1. The van der Waals surface area contributed by atoms with Crippen molar-refractivity contribution >= 4 is 17.7 Å². The summed E-state index contributed by atoms with van der Waals surface area (Å²) in [5.74, 6) is 0.230. The summed E-state index contributed by atoms with van der Waals surface area (Å²) < 4.78 is 5.29. The fourth-order valence-electron chi connectivity index (χ4n) is 2.60. The summed E-state index contributed by atoms with van der Waals surface area (Å²) in [5.41, 5.74) is 0.700. The average Bonchev–Trinajstić information content (AvgIpc) is 2.55. The number of aliphatic hydroxyl groups excluding tert-OH is 1. The summed E-state index contributed by atoms with van der Waals surface area (Å²) in [4.78, 5) is 13.1. The smallest absolute Gasteiger partial charge is 0.252 e. The molecule has 0 aliphatic carbocycles. The molecule has 0 spiro atoms. The summed E-state index contributed by atoms with van der Waals surface area (Å²) in [5, 5.41) is 13.0. The molecule has 1 aliphatic rings. The van der Waals surface area contributed by atoms with Gasteiger partial charge in [-0.2, -0.15) is 0 Å². The van der Waals surface area contributed by atoms with Gasteiger partial charge < -0.3 is 15.2 Å². The fourth-order valence-corrected chi connectivity index (χ4v) is 3.19. The normalized spacial score (nSPS) is 17.4. The Balaban J connectivity index is 1.78. The zero-order valence-electron chi connectivity index (χ0n) is 12.4. The first kappa shape index (κ1) is 16.3. The Morgan fingerprint density at radius 2 is 2.14 bits per heavy atom. The van der Waals surface area contributed by atoms with Crippen molar-refractivity contribution in [3.63, 3.8) is 0 Å². The van der Waals surface area contributed by atoms with Gasteiger partial charge in [-0.25, -0.2) is 0 Å². The summed E-state index contributed by atoms with van der Waals surface area (Å²) in [7, 11) is 0. The van der Waals surface area contributed by atoms with Crippen LogP contribution < -0.4 is 5.32 Å². The highest BCUT2D eigenvalue weighted by Crippen LogP contribution is 2.21. The van der Waals surface area contributed by atoms with Crippen LogP contribution in [0.4, 0.5) is 0 Å². The lowest BCUT2D eigenvalue weighted by Gasteiger charge is -2.26. The SMILES string of the molecule is CSc1ccccc1C(=O)NCC[C@H](O)C1CCOCC1. The Labute approximate surface area is 130 Å². The highest BCUT2D eigenvalue weighted by molar-refractivity contribution is 7.98. The number of ether oxygens (including phenoxy) is 1. The maximum atomic E-state index is 12.2. The first-order valence-corrected chi connectivity index (χ1v) is 8.62. The molecule has 0 bridgehead atoms. The van der Waals surface area contributed by atoms with Crippen molar-refractivity contribution in [1.82, 2.24) is 5.32 Å². The molecule has 5 heteroatoms. The predicted molar refractivity (Wildman–Crippen MR) is 84.7 cm³/mol. The van der Waals surface area contributed by atoms with Gasteiger partial charge in [0.2, 0.25) is 0 Å². The van der Waals surface area contributed by atoms with Gasteiger partial charge in [0.25, 0.3) is 5.91 Å². The summed E-state index contributed by atoms with van der Waals surface area (Å²) >= 11 is 1.56. The predicted octanol–water partition coefficient (Wildman–Crippen LogP) is 2.32. The third-order valence-electron chi connectivity index (χ3n) is 3.89. The number of hydrogen-bond donors (Lipinski definition) is 2. The van der Waals surface area contributed by atoms with Gasteiger partial charge in [-0.3, -0.25) is 4.79 Å². The van der Waals surface area contributed by atoms with E-state index in [4.69, 9.17) is 4.74 Å². The minimum absolute atomic E-state index is 0.0703. The van der Waals surface area contributed by atoms with Crippen molar-refractivity contribution < 1.29 is 14.6 Å². The number of amides is 1. The molecule has 1 fully saturated rings. The van der Waals surface area contributed by atoms with Crippen LogP contribution in [0.3, 0.4) is 0 Å². The molecule has 1 heterocycles. The molecule has 0 unspecified atom stereocenters. The van der Waals surface area contributed by atoms with E-state index in [0.717, 1.165) is 31.0 Å². The summed E-state index contributed by atoms with van der Waals surface area (Å²) in [6.07, 6.45) is 4.01. The van der Waals surface area contributed by atoms with E-state index in [1.54, 1.807) is 11.8 Å². The first-order valence-electron chi connectivity index (χ1n) is 7.39. The van der Waals surface area contributed by atoms with Crippen LogP contribution >= 0.6 is 11.8 Å². The van der Waals surface area contributed by atoms with E-state index in [1.165, 1.54) is 0 Å². The van der Waals surface area contributed by atoms with E-state index >= 15 is 0 Å². The molecule has 1 amide bonds. The van der Waals surface area contributed by atoms with Crippen molar-refractivity contribution in [3.8, 4) is 0 Å². The van der Waals surface area contributed by atoms with Crippen molar-refractivity contribution in [1.29, 1.82) is 0 Å². The Bertz CT molecular complexity index is 461. The number of carbonyl (C=O) groups excluding carboxylic acids is 1. The third kappa shape index (κ3) is 4.73. The van der Waals surface area contributed by atoms with E-state index in [1.807, 2.05) is 30.5 Å². The molecule has 116 valence electrons. The van der Waals surface area contributed by atoms with E-state index in [-0.39, 0.29) is 12.0 Å². The van der Waals surface area contributed by atoms with Gasteiger partial charge in [-0.15, -0.1) is 11.8 Å². The van der Waals surface area contributed by atoms with Crippen LogP contribution in [0, 0.1) is 5.92 Å². The van der Waals surface area contributed by atoms with Gasteiger partial charge in [0, 0.05) is 24.7 Å². The molecule has 2 N–H and O–H groups in total. The Morgan fingerprint density at radius 1 is 1.43 bits per heavy atom. The largest absolute Gasteiger partial charge is 0.393 e. The van der Waals surface area contributed by atoms with Gasteiger partial charge in [-0.1, -0.05) is 12.1 Å². The molecule has 1 aromatic rings. The molecule has 0 aromatic heterocycles. The first-order chi connectivity index (χ1) is 10.2. The van der Waals surface area contributed by atoms with Crippen LogP contribution in [-0.2, 0) is 4.74 Å². The van der Waals surface area contributed by atoms with E-state index in [0.29, 0.717) is 24.4 Å². The highest BCUT2D eigenvalue weighted by atomic mass is 32.2. The Hall–Kier alpha value is -1.04. The van der Waals surface area contributed by atoms with Gasteiger partial charge >= 0.3 is 0 Å². The Kier molecular flexibility index (Phi) is 6.54. The lowest BCUT2D eigenvalue weighted by Crippen LogP contribution is -2.32. The van der Waals surface area contributed by atoms with Gasteiger partial charge in [0.15, 0.2) is 0 Å². The Morgan fingerprint density at radius 3 is 2.86 bits per heavy atom.